The van der Waals surface area contributed by atoms with Crippen LogP contribution in [0.5, 0.6) is 0 Å². The lowest BCUT2D eigenvalue weighted by Crippen LogP contribution is -2.35. The van der Waals surface area contributed by atoms with Gasteiger partial charge in [0.1, 0.15) is 18.1 Å². The first-order valence-electron chi connectivity index (χ1n) is 13.9. The molecule has 0 bridgehead atoms. The molecule has 1 aliphatic carbocycles. The largest absolute Gasteiger partial charge is 0.459 e. The Morgan fingerprint density at radius 1 is 1.00 bits per heavy atom. The smallest absolute Gasteiger partial charge is 0.271 e. The van der Waals surface area contributed by atoms with Crippen LogP contribution >= 0.6 is 0 Å². The first-order chi connectivity index (χ1) is 20.4. The first kappa shape index (κ1) is 27.8. The Labute approximate surface area is 241 Å². The van der Waals surface area contributed by atoms with Crippen molar-refractivity contribution in [2.45, 2.75) is 32.0 Å². The molecule has 2 N–H and O–H groups in total. The quantitative estimate of drug-likeness (QED) is 0.166. The van der Waals surface area contributed by atoms with E-state index < -0.39 is 28.6 Å². The monoisotopic (exact) mass is 570 g/mol. The van der Waals surface area contributed by atoms with E-state index in [4.69, 9.17) is 9.15 Å². The minimum absolute atomic E-state index is 0.177. The number of fused-ring (bicyclic) bond motifs is 3. The van der Waals surface area contributed by atoms with Crippen LogP contribution < -0.4 is 4.90 Å². The highest BCUT2D eigenvalue weighted by molar-refractivity contribution is 6.22. The number of hydrogen-bond acceptors (Lipinski definition) is 8. The molecule has 3 aliphatic rings. The van der Waals surface area contributed by atoms with E-state index in [0.717, 1.165) is 27.2 Å². The number of benzene rings is 2. The van der Waals surface area contributed by atoms with E-state index in [2.05, 4.69) is 0 Å². The van der Waals surface area contributed by atoms with Gasteiger partial charge in [-0.05, 0) is 65.8 Å². The zero-order chi connectivity index (χ0) is 29.4. The number of amides is 2. The second-order valence-corrected chi connectivity index (χ2v) is 10.8. The van der Waals surface area contributed by atoms with Crippen LogP contribution in [0.25, 0.3) is 11.6 Å². The Balaban J connectivity index is 1.26. The Hall–Kier alpha value is -4.38. The average molecular weight is 571 g/mol. The van der Waals surface area contributed by atoms with Gasteiger partial charge >= 0.3 is 0 Å². The molecule has 0 spiro atoms. The van der Waals surface area contributed by atoms with Crippen LogP contribution in [0, 0.1) is 27.9 Å². The summed E-state index contributed by atoms with van der Waals surface area (Å²) in [5, 5.41) is 31.0. The number of aliphatic hydroxyl groups excluding tert-OH is 2. The van der Waals surface area contributed by atoms with Gasteiger partial charge in [-0.15, -0.1) is 0 Å². The lowest BCUT2D eigenvalue weighted by atomic mass is 9.69. The van der Waals surface area contributed by atoms with E-state index in [0.29, 0.717) is 24.4 Å². The van der Waals surface area contributed by atoms with E-state index in [1.807, 2.05) is 36.4 Å². The number of nitrogens with zero attached hydrogens (tertiary/aromatic N) is 2. The van der Waals surface area contributed by atoms with Gasteiger partial charge in [0.05, 0.1) is 41.8 Å². The number of nitro groups is 1. The Bertz CT molecular complexity index is 1590. The first-order valence-corrected chi connectivity index (χ1v) is 13.9. The molecule has 0 saturated carbocycles. The summed E-state index contributed by atoms with van der Waals surface area (Å²) >= 11 is 0. The Morgan fingerprint density at radius 2 is 1.81 bits per heavy atom. The number of rotatable bonds is 9. The van der Waals surface area contributed by atoms with Crippen LogP contribution in [0.3, 0.4) is 0 Å². The molecule has 0 radical (unpaired) electrons. The number of allylic oxidation sites excluding steroid dienone is 1. The number of furan rings is 1. The van der Waals surface area contributed by atoms with Crippen molar-refractivity contribution in [1.29, 1.82) is 0 Å². The standard InChI is InChI=1S/C32H30N2O8/c35-16-21-14-26-30(32(38)33(31(26)37)22-7-4-8-23(15-22)34(39)40)27-18-41-28(29(21)27)12-9-20(19-5-2-1-3-6-19)13-24-10-11-25(17-36)42-24/h1-8,10-11,13,15,26-28,30,35-36H,9,12,14,16-18H2/b20-13-/t26-,27+,28-,30-/m1/s1. The maximum atomic E-state index is 13.7. The molecular formula is C32H30N2O8. The molecule has 1 aromatic heterocycles. The summed E-state index contributed by atoms with van der Waals surface area (Å²) in [6.45, 7) is -0.189. The average Bonchev–Trinajstić information content (AvgIpc) is 3.71. The van der Waals surface area contributed by atoms with E-state index in [1.54, 1.807) is 12.1 Å². The van der Waals surface area contributed by atoms with Gasteiger partial charge in [-0.2, -0.15) is 0 Å². The summed E-state index contributed by atoms with van der Waals surface area (Å²) in [4.78, 5) is 39.0. The number of imide groups is 1. The molecule has 2 fully saturated rings. The van der Waals surface area contributed by atoms with Crippen LogP contribution in [-0.4, -0.2) is 46.3 Å². The molecule has 6 rings (SSSR count). The van der Waals surface area contributed by atoms with E-state index >= 15 is 0 Å². The minimum Gasteiger partial charge on any atom is -0.459 e. The summed E-state index contributed by atoms with van der Waals surface area (Å²) in [6, 6.07) is 18.9. The number of aliphatic hydroxyl groups is 2. The number of non-ortho nitro benzene ring substituents is 1. The predicted molar refractivity (Wildman–Crippen MR) is 153 cm³/mol. The molecule has 0 unspecified atom stereocenters. The van der Waals surface area contributed by atoms with Gasteiger partial charge in [0, 0.05) is 18.1 Å². The van der Waals surface area contributed by atoms with Crippen LogP contribution in [0.1, 0.15) is 36.3 Å². The lowest BCUT2D eigenvalue weighted by molar-refractivity contribution is -0.384. The van der Waals surface area contributed by atoms with E-state index in [1.165, 1.54) is 24.3 Å². The minimum atomic E-state index is -0.658. The summed E-state index contributed by atoms with van der Waals surface area (Å²) in [5.74, 6) is -1.39. The van der Waals surface area contributed by atoms with Crippen LogP contribution in [-0.2, 0) is 20.9 Å². The molecule has 3 heterocycles. The highest BCUT2D eigenvalue weighted by Crippen LogP contribution is 2.50. The normalized spacial score (nSPS) is 23.9. The van der Waals surface area contributed by atoms with Crippen molar-refractivity contribution in [2.75, 3.05) is 18.1 Å². The number of nitro benzene ring substituents is 1. The maximum Gasteiger partial charge on any atom is 0.271 e. The molecule has 10 heteroatoms. The number of hydrogen-bond donors (Lipinski definition) is 2. The van der Waals surface area contributed by atoms with Crippen LogP contribution in [0.15, 0.2) is 82.3 Å². The van der Waals surface area contributed by atoms with Crippen molar-refractivity contribution < 1.29 is 33.9 Å². The zero-order valence-corrected chi connectivity index (χ0v) is 22.7. The summed E-state index contributed by atoms with van der Waals surface area (Å²) in [6.07, 6.45) is 3.03. The third-order valence-corrected chi connectivity index (χ3v) is 8.47. The molecule has 2 amide bonds. The van der Waals surface area contributed by atoms with Crippen molar-refractivity contribution in [2.24, 2.45) is 17.8 Å². The summed E-state index contributed by atoms with van der Waals surface area (Å²) in [5.41, 5.74) is 3.59. The molecule has 2 aromatic carbocycles. The number of anilines is 1. The van der Waals surface area contributed by atoms with Gasteiger partial charge in [0.2, 0.25) is 11.8 Å². The highest BCUT2D eigenvalue weighted by Gasteiger charge is 2.57. The van der Waals surface area contributed by atoms with Crippen molar-refractivity contribution in [1.82, 2.24) is 0 Å². The van der Waals surface area contributed by atoms with Gasteiger partial charge in [-0.25, -0.2) is 4.90 Å². The third kappa shape index (κ3) is 4.98. The zero-order valence-electron chi connectivity index (χ0n) is 22.7. The van der Waals surface area contributed by atoms with Crippen molar-refractivity contribution in [3.05, 3.63) is 105 Å². The van der Waals surface area contributed by atoms with E-state index in [9.17, 15) is 29.9 Å². The third-order valence-electron chi connectivity index (χ3n) is 8.47. The fourth-order valence-electron chi connectivity index (χ4n) is 6.59. The summed E-state index contributed by atoms with van der Waals surface area (Å²) < 4.78 is 12.0. The number of carbonyl (C=O) groups excluding carboxylic acids is 2. The second kappa shape index (κ2) is 11.5. The molecule has 2 aliphatic heterocycles. The molecule has 4 atom stereocenters. The van der Waals surface area contributed by atoms with Gasteiger partial charge in [-0.3, -0.25) is 19.7 Å². The van der Waals surface area contributed by atoms with Gasteiger partial charge < -0.3 is 19.4 Å². The van der Waals surface area contributed by atoms with Crippen molar-refractivity contribution >= 4 is 34.8 Å². The lowest BCUT2D eigenvalue weighted by Gasteiger charge is -2.31. The summed E-state index contributed by atoms with van der Waals surface area (Å²) in [7, 11) is 0. The number of carbonyl (C=O) groups is 2. The SMILES string of the molecule is O=C1[C@@H]2[C@@H](CC(CO)=C3[C@@H](CC/C(=C/c4ccc(CO)o4)c4ccccc4)OC[C@@H]32)C(=O)N1c1cccc([N+](=O)[O-])c1. The predicted octanol–water partition coefficient (Wildman–Crippen LogP) is 4.51. The molecular weight excluding hydrogens is 540 g/mol. The van der Waals surface area contributed by atoms with Crippen molar-refractivity contribution in [3.8, 4) is 0 Å². The van der Waals surface area contributed by atoms with Crippen molar-refractivity contribution in [3.63, 3.8) is 0 Å². The number of ether oxygens (including phenoxy) is 1. The van der Waals surface area contributed by atoms with Crippen LogP contribution in [0.4, 0.5) is 11.4 Å². The van der Waals surface area contributed by atoms with Gasteiger partial charge in [0.25, 0.3) is 5.69 Å². The Morgan fingerprint density at radius 3 is 2.52 bits per heavy atom. The highest BCUT2D eigenvalue weighted by atomic mass is 16.6. The fraction of sp³-hybridized carbons (Fsp3) is 0.312. The van der Waals surface area contributed by atoms with Gasteiger partial charge in [0.15, 0.2) is 0 Å². The molecule has 3 aromatic rings. The topological polar surface area (TPSA) is 143 Å². The fourth-order valence-corrected chi connectivity index (χ4v) is 6.59. The molecule has 42 heavy (non-hydrogen) atoms. The second-order valence-electron chi connectivity index (χ2n) is 10.8. The molecule has 10 nitrogen and oxygen atoms in total. The molecule has 2 saturated heterocycles. The maximum absolute atomic E-state index is 13.7. The van der Waals surface area contributed by atoms with Gasteiger partial charge in [-0.1, -0.05) is 36.4 Å². The van der Waals surface area contributed by atoms with Crippen LogP contribution in [0.2, 0.25) is 0 Å². The molecule has 216 valence electrons. The Kier molecular flexibility index (Phi) is 7.59. The van der Waals surface area contributed by atoms with E-state index in [-0.39, 0.29) is 49.6 Å².